The van der Waals surface area contributed by atoms with Gasteiger partial charge in [-0.05, 0) is 18.1 Å². The summed E-state index contributed by atoms with van der Waals surface area (Å²) in [5.74, 6) is 0.730. The molecule has 0 aliphatic rings. The Kier molecular flexibility index (Phi) is 4.58. The summed E-state index contributed by atoms with van der Waals surface area (Å²) in [4.78, 5) is 4.10. The summed E-state index contributed by atoms with van der Waals surface area (Å²) < 4.78 is 42.8. The molecule has 1 aromatic carbocycles. The summed E-state index contributed by atoms with van der Waals surface area (Å²) in [5, 5.41) is 12.2. The Bertz CT molecular complexity index is 643. The fraction of sp³-hybridized carbons (Fsp3) is 0.357. The Hall–Kier alpha value is -2.36. The van der Waals surface area contributed by atoms with Gasteiger partial charge in [-0.3, -0.25) is 0 Å². The monoisotopic (exact) mass is 295 g/mol. The molecule has 0 fully saturated rings. The van der Waals surface area contributed by atoms with Crippen molar-refractivity contribution in [1.29, 1.82) is 5.26 Å². The van der Waals surface area contributed by atoms with Gasteiger partial charge >= 0.3 is 6.18 Å². The van der Waals surface area contributed by atoms with Gasteiger partial charge in [-0.25, -0.2) is 0 Å². The number of aromatic nitrogens is 2. The zero-order valence-electron chi connectivity index (χ0n) is 11.0. The van der Waals surface area contributed by atoms with Gasteiger partial charge in [-0.15, -0.1) is 0 Å². The molecule has 7 heteroatoms. The minimum atomic E-state index is -4.37. The van der Waals surface area contributed by atoms with Gasteiger partial charge in [-0.2, -0.15) is 23.4 Å². The topological polar surface area (TPSA) is 62.7 Å². The van der Waals surface area contributed by atoms with Crippen LogP contribution in [0.1, 0.15) is 35.7 Å². The quantitative estimate of drug-likeness (QED) is 0.792. The fourth-order valence-corrected chi connectivity index (χ4v) is 1.82. The van der Waals surface area contributed by atoms with E-state index in [0.29, 0.717) is 36.5 Å². The highest BCUT2D eigenvalue weighted by Crippen LogP contribution is 2.29. The Morgan fingerprint density at radius 2 is 2.10 bits per heavy atom. The van der Waals surface area contributed by atoms with Crippen molar-refractivity contribution in [3.63, 3.8) is 0 Å². The lowest BCUT2D eigenvalue weighted by molar-refractivity contribution is -0.137. The van der Waals surface area contributed by atoms with E-state index in [4.69, 9.17) is 9.78 Å². The molecule has 0 saturated carbocycles. The summed E-state index contributed by atoms with van der Waals surface area (Å²) in [6, 6.07) is 7.04. The molecule has 110 valence electrons. The molecular weight excluding hydrogens is 283 g/mol. The van der Waals surface area contributed by atoms with Crippen LogP contribution in [-0.2, 0) is 19.0 Å². The summed E-state index contributed by atoms with van der Waals surface area (Å²) in [7, 11) is 0. The Morgan fingerprint density at radius 1 is 1.29 bits per heavy atom. The molecule has 0 radical (unpaired) electrons. The molecular formula is C14H12F3N3O. The largest absolute Gasteiger partial charge is 0.416 e. The van der Waals surface area contributed by atoms with E-state index in [0.717, 1.165) is 12.1 Å². The summed E-state index contributed by atoms with van der Waals surface area (Å²) in [6.07, 6.45) is -2.70. The van der Waals surface area contributed by atoms with E-state index in [1.807, 2.05) is 6.07 Å². The van der Waals surface area contributed by atoms with Gasteiger partial charge in [0.1, 0.15) is 0 Å². The van der Waals surface area contributed by atoms with Crippen molar-refractivity contribution >= 4 is 0 Å². The Morgan fingerprint density at radius 3 is 2.81 bits per heavy atom. The van der Waals surface area contributed by atoms with Gasteiger partial charge in [0, 0.05) is 19.3 Å². The third-order valence-electron chi connectivity index (χ3n) is 2.81. The molecule has 0 amide bonds. The van der Waals surface area contributed by atoms with Crippen LogP contribution in [0.5, 0.6) is 0 Å². The molecule has 0 aliphatic carbocycles. The maximum Gasteiger partial charge on any atom is 0.416 e. The predicted octanol–water partition coefficient (Wildman–Crippen LogP) is 3.53. The number of rotatable bonds is 5. The molecule has 2 rings (SSSR count). The molecule has 0 unspecified atom stereocenters. The first kappa shape index (κ1) is 15.0. The van der Waals surface area contributed by atoms with E-state index in [2.05, 4.69) is 10.1 Å². The molecule has 0 spiro atoms. The van der Waals surface area contributed by atoms with E-state index >= 15 is 0 Å². The number of benzene rings is 1. The normalized spacial score (nSPS) is 11.3. The number of unbranched alkanes of at least 4 members (excludes halogenated alkanes) is 1. The molecule has 21 heavy (non-hydrogen) atoms. The van der Waals surface area contributed by atoms with Gasteiger partial charge in [-0.1, -0.05) is 23.4 Å². The van der Waals surface area contributed by atoms with Gasteiger partial charge in [0.05, 0.1) is 11.6 Å². The van der Waals surface area contributed by atoms with E-state index in [1.54, 1.807) is 6.07 Å². The van der Waals surface area contributed by atoms with Crippen molar-refractivity contribution in [2.45, 2.75) is 31.9 Å². The minimum absolute atomic E-state index is 0.172. The predicted molar refractivity (Wildman–Crippen MR) is 67.1 cm³/mol. The molecule has 0 bridgehead atoms. The van der Waals surface area contributed by atoms with E-state index < -0.39 is 11.7 Å². The third-order valence-corrected chi connectivity index (χ3v) is 2.81. The number of halogens is 3. The summed E-state index contributed by atoms with van der Waals surface area (Å²) in [6.45, 7) is 0. The highest BCUT2D eigenvalue weighted by Gasteiger charge is 2.30. The van der Waals surface area contributed by atoms with Crippen molar-refractivity contribution in [3.05, 3.63) is 47.1 Å². The van der Waals surface area contributed by atoms with E-state index in [1.165, 1.54) is 6.07 Å². The maximum absolute atomic E-state index is 12.6. The van der Waals surface area contributed by atoms with Crippen LogP contribution in [0.2, 0.25) is 0 Å². The number of nitrogens with zero attached hydrogens (tertiary/aromatic N) is 3. The number of hydrogen-bond donors (Lipinski definition) is 0. The molecule has 0 N–H and O–H groups in total. The van der Waals surface area contributed by atoms with Crippen LogP contribution < -0.4 is 0 Å². The molecule has 0 saturated heterocycles. The van der Waals surface area contributed by atoms with Crippen LogP contribution in [-0.4, -0.2) is 10.1 Å². The zero-order chi connectivity index (χ0) is 15.3. The average molecular weight is 295 g/mol. The molecule has 1 heterocycles. The number of aryl methyl sites for hydroxylation is 1. The standard InChI is InChI=1S/C14H12F3N3O/c15-14(16,17)11-5-3-4-10(8-11)9-12-19-13(21-20-12)6-1-2-7-18/h3-5,8H,1-2,6,9H2. The number of hydrogen-bond acceptors (Lipinski definition) is 4. The second-order valence-electron chi connectivity index (χ2n) is 4.49. The lowest BCUT2D eigenvalue weighted by Gasteiger charge is -2.07. The van der Waals surface area contributed by atoms with Crippen LogP contribution in [0.25, 0.3) is 0 Å². The molecule has 1 aromatic heterocycles. The molecule has 0 aliphatic heterocycles. The van der Waals surface area contributed by atoms with Gasteiger partial charge in [0.15, 0.2) is 5.82 Å². The molecule has 2 aromatic rings. The van der Waals surface area contributed by atoms with Crippen molar-refractivity contribution in [3.8, 4) is 6.07 Å². The van der Waals surface area contributed by atoms with Crippen LogP contribution in [0.4, 0.5) is 13.2 Å². The average Bonchev–Trinajstić information content (AvgIpc) is 2.86. The zero-order valence-corrected chi connectivity index (χ0v) is 11.0. The van der Waals surface area contributed by atoms with Gasteiger partial charge in [0.25, 0.3) is 0 Å². The minimum Gasteiger partial charge on any atom is -0.339 e. The van der Waals surface area contributed by atoms with Crippen LogP contribution in [0.3, 0.4) is 0 Å². The highest BCUT2D eigenvalue weighted by molar-refractivity contribution is 5.27. The first-order valence-electron chi connectivity index (χ1n) is 6.33. The third kappa shape index (κ3) is 4.31. The fourth-order valence-electron chi connectivity index (χ4n) is 1.82. The van der Waals surface area contributed by atoms with Gasteiger partial charge in [0.2, 0.25) is 5.89 Å². The number of nitriles is 1. The lowest BCUT2D eigenvalue weighted by Crippen LogP contribution is -2.05. The van der Waals surface area contributed by atoms with Crippen molar-refractivity contribution < 1.29 is 17.7 Å². The van der Waals surface area contributed by atoms with Crippen LogP contribution in [0.15, 0.2) is 28.8 Å². The molecule has 0 atom stereocenters. The summed E-state index contributed by atoms with van der Waals surface area (Å²) >= 11 is 0. The van der Waals surface area contributed by atoms with Crippen molar-refractivity contribution in [2.75, 3.05) is 0 Å². The van der Waals surface area contributed by atoms with Gasteiger partial charge < -0.3 is 4.52 Å². The van der Waals surface area contributed by atoms with Crippen LogP contribution in [0, 0.1) is 11.3 Å². The van der Waals surface area contributed by atoms with E-state index in [-0.39, 0.29) is 6.42 Å². The van der Waals surface area contributed by atoms with Crippen molar-refractivity contribution in [1.82, 2.24) is 10.1 Å². The number of alkyl halides is 3. The smallest absolute Gasteiger partial charge is 0.339 e. The van der Waals surface area contributed by atoms with Crippen molar-refractivity contribution in [2.24, 2.45) is 0 Å². The first-order valence-corrected chi connectivity index (χ1v) is 6.33. The maximum atomic E-state index is 12.6. The molecule has 4 nitrogen and oxygen atoms in total. The Labute approximate surface area is 119 Å². The SMILES string of the molecule is N#CCCCc1nc(Cc2cccc(C(F)(F)F)c2)no1. The Balaban J connectivity index is 2.04. The van der Waals surface area contributed by atoms with Crippen LogP contribution >= 0.6 is 0 Å². The lowest BCUT2D eigenvalue weighted by atomic mass is 10.1. The highest BCUT2D eigenvalue weighted by atomic mass is 19.4. The first-order chi connectivity index (χ1) is 9.99. The summed E-state index contributed by atoms with van der Waals surface area (Å²) in [5.41, 5.74) is -0.230. The van der Waals surface area contributed by atoms with E-state index in [9.17, 15) is 13.2 Å². The second kappa shape index (κ2) is 6.39. The second-order valence-corrected chi connectivity index (χ2v) is 4.49.